The molecule has 2 heterocycles. The number of thioether (sulfide) groups is 1. The zero-order chi connectivity index (χ0) is 15.4. The molecular weight excluding hydrogens is 300 g/mol. The van der Waals surface area contributed by atoms with Crippen molar-refractivity contribution >= 4 is 29.0 Å². The lowest BCUT2D eigenvalue weighted by Gasteiger charge is -2.24. The smallest absolute Gasteiger partial charge is 0.241 e. The van der Waals surface area contributed by atoms with E-state index in [1.165, 1.54) is 5.56 Å². The van der Waals surface area contributed by atoms with Crippen molar-refractivity contribution < 1.29 is 4.79 Å². The molecular formula is C16H26N2OS2. The van der Waals surface area contributed by atoms with Gasteiger partial charge in [-0.25, -0.2) is 0 Å². The highest BCUT2D eigenvalue weighted by Crippen LogP contribution is 2.30. The van der Waals surface area contributed by atoms with Gasteiger partial charge in [0.05, 0.1) is 6.04 Å². The Morgan fingerprint density at radius 3 is 2.81 bits per heavy atom. The molecule has 0 radical (unpaired) electrons. The summed E-state index contributed by atoms with van der Waals surface area (Å²) in [4.78, 5) is 14.8. The summed E-state index contributed by atoms with van der Waals surface area (Å²) in [6.45, 7) is 7.37. The SMILES string of the molecule is CCC(C)C1NC(c2ccsc2)N(CCC(C)SC)C1=O. The van der Waals surface area contributed by atoms with Gasteiger partial charge in [0.15, 0.2) is 0 Å². The van der Waals surface area contributed by atoms with E-state index >= 15 is 0 Å². The molecule has 5 heteroatoms. The highest BCUT2D eigenvalue weighted by atomic mass is 32.2. The normalized spacial score (nSPS) is 25.3. The molecule has 4 unspecified atom stereocenters. The van der Waals surface area contributed by atoms with Crippen LogP contribution in [0.4, 0.5) is 0 Å². The summed E-state index contributed by atoms with van der Waals surface area (Å²) < 4.78 is 0. The first-order valence-corrected chi connectivity index (χ1v) is 9.93. The Hall–Kier alpha value is -0.520. The van der Waals surface area contributed by atoms with Crippen LogP contribution in [0.15, 0.2) is 16.8 Å². The van der Waals surface area contributed by atoms with Gasteiger partial charge in [-0.05, 0) is 41.0 Å². The maximum absolute atomic E-state index is 12.8. The van der Waals surface area contributed by atoms with Crippen molar-refractivity contribution in [1.29, 1.82) is 0 Å². The van der Waals surface area contributed by atoms with Crippen molar-refractivity contribution in [3.63, 3.8) is 0 Å². The molecule has 3 nitrogen and oxygen atoms in total. The van der Waals surface area contributed by atoms with Crippen LogP contribution in [-0.4, -0.2) is 34.9 Å². The number of carbonyl (C=O) groups is 1. The second kappa shape index (κ2) is 7.65. The Kier molecular flexibility index (Phi) is 6.14. The van der Waals surface area contributed by atoms with E-state index in [1.807, 2.05) is 16.7 Å². The Labute approximate surface area is 136 Å². The number of rotatable bonds is 7. The van der Waals surface area contributed by atoms with Crippen LogP contribution in [-0.2, 0) is 4.79 Å². The second-order valence-corrected chi connectivity index (χ2v) is 7.91. The summed E-state index contributed by atoms with van der Waals surface area (Å²) in [5, 5.41) is 8.38. The first-order valence-electron chi connectivity index (χ1n) is 7.69. The molecule has 0 bridgehead atoms. The number of carbonyl (C=O) groups excluding carboxylic acids is 1. The minimum atomic E-state index is -0.0375. The number of nitrogens with one attached hydrogen (secondary N) is 1. The predicted octanol–water partition coefficient (Wildman–Crippen LogP) is 3.73. The Bertz CT molecular complexity index is 449. The highest BCUT2D eigenvalue weighted by Gasteiger charge is 2.41. The quantitative estimate of drug-likeness (QED) is 0.828. The topological polar surface area (TPSA) is 32.3 Å². The van der Waals surface area contributed by atoms with E-state index in [2.05, 4.69) is 49.2 Å². The van der Waals surface area contributed by atoms with Gasteiger partial charge in [0.2, 0.25) is 5.91 Å². The fraction of sp³-hybridized carbons (Fsp3) is 0.688. The Morgan fingerprint density at radius 2 is 2.24 bits per heavy atom. The monoisotopic (exact) mass is 326 g/mol. The van der Waals surface area contributed by atoms with Gasteiger partial charge in [-0.15, -0.1) is 0 Å². The molecule has 2 rings (SSSR count). The molecule has 1 aromatic heterocycles. The third-order valence-corrected chi connectivity index (χ3v) is 6.19. The Morgan fingerprint density at radius 1 is 1.48 bits per heavy atom. The molecule has 21 heavy (non-hydrogen) atoms. The average Bonchev–Trinajstić information content (AvgIpc) is 3.12. The van der Waals surface area contributed by atoms with Crippen LogP contribution >= 0.6 is 23.1 Å². The first kappa shape index (κ1) is 16.8. The van der Waals surface area contributed by atoms with Gasteiger partial charge >= 0.3 is 0 Å². The van der Waals surface area contributed by atoms with Gasteiger partial charge < -0.3 is 4.90 Å². The molecule has 0 aliphatic carbocycles. The molecule has 0 spiro atoms. The molecule has 0 aromatic carbocycles. The maximum atomic E-state index is 12.8. The van der Waals surface area contributed by atoms with Crippen molar-refractivity contribution in [2.75, 3.05) is 12.8 Å². The van der Waals surface area contributed by atoms with E-state index in [0.717, 1.165) is 19.4 Å². The summed E-state index contributed by atoms with van der Waals surface area (Å²) in [5.74, 6) is 0.649. The number of thiophene rings is 1. The summed E-state index contributed by atoms with van der Waals surface area (Å²) >= 11 is 3.56. The van der Waals surface area contributed by atoms with Crippen molar-refractivity contribution in [2.24, 2.45) is 5.92 Å². The molecule has 1 fully saturated rings. The zero-order valence-corrected chi connectivity index (χ0v) is 15.0. The number of hydrogen-bond donors (Lipinski definition) is 1. The largest absolute Gasteiger partial charge is 0.321 e. The van der Waals surface area contributed by atoms with Gasteiger partial charge in [-0.1, -0.05) is 27.2 Å². The van der Waals surface area contributed by atoms with Crippen molar-refractivity contribution in [2.45, 2.75) is 51.1 Å². The standard InChI is InChI=1S/C16H26N2OS2/c1-5-11(2)14-16(19)18(8-6-12(3)20-4)15(17-14)13-7-9-21-10-13/h7,9-12,14-15,17H,5-6,8H2,1-4H3. The van der Waals surface area contributed by atoms with Crippen LogP contribution in [0.25, 0.3) is 0 Å². The number of amides is 1. The fourth-order valence-electron chi connectivity index (χ4n) is 2.67. The van der Waals surface area contributed by atoms with E-state index in [4.69, 9.17) is 0 Å². The molecule has 1 N–H and O–H groups in total. The van der Waals surface area contributed by atoms with E-state index in [0.29, 0.717) is 11.2 Å². The van der Waals surface area contributed by atoms with E-state index in [9.17, 15) is 4.79 Å². The van der Waals surface area contributed by atoms with Gasteiger partial charge in [0, 0.05) is 11.8 Å². The molecule has 4 atom stereocenters. The number of nitrogens with zero attached hydrogens (tertiary/aromatic N) is 1. The number of hydrogen-bond acceptors (Lipinski definition) is 4. The van der Waals surface area contributed by atoms with Crippen LogP contribution < -0.4 is 5.32 Å². The molecule has 1 aliphatic heterocycles. The van der Waals surface area contributed by atoms with Crippen LogP contribution in [0.2, 0.25) is 0 Å². The maximum Gasteiger partial charge on any atom is 0.241 e. The summed E-state index contributed by atoms with van der Waals surface area (Å²) in [6, 6.07) is 2.09. The molecule has 1 aromatic rings. The zero-order valence-electron chi connectivity index (χ0n) is 13.3. The predicted molar refractivity (Wildman–Crippen MR) is 92.7 cm³/mol. The van der Waals surface area contributed by atoms with Crippen LogP contribution in [0.3, 0.4) is 0 Å². The van der Waals surface area contributed by atoms with E-state index < -0.39 is 0 Å². The van der Waals surface area contributed by atoms with Gasteiger partial charge in [-0.2, -0.15) is 23.1 Å². The highest BCUT2D eigenvalue weighted by molar-refractivity contribution is 7.99. The fourth-order valence-corrected chi connectivity index (χ4v) is 3.69. The third-order valence-electron chi connectivity index (χ3n) is 4.45. The average molecular weight is 327 g/mol. The van der Waals surface area contributed by atoms with Gasteiger partial charge in [0.25, 0.3) is 0 Å². The van der Waals surface area contributed by atoms with Crippen molar-refractivity contribution in [3.05, 3.63) is 22.4 Å². The third kappa shape index (κ3) is 3.82. The minimum Gasteiger partial charge on any atom is -0.321 e. The Balaban J connectivity index is 2.14. The second-order valence-electron chi connectivity index (χ2n) is 5.86. The van der Waals surface area contributed by atoms with E-state index in [-0.39, 0.29) is 18.1 Å². The van der Waals surface area contributed by atoms with Crippen molar-refractivity contribution in [1.82, 2.24) is 10.2 Å². The lowest BCUT2D eigenvalue weighted by Crippen LogP contribution is -2.36. The lowest BCUT2D eigenvalue weighted by molar-refractivity contribution is -0.131. The summed E-state index contributed by atoms with van der Waals surface area (Å²) in [6.07, 6.45) is 4.25. The minimum absolute atomic E-state index is 0.0375. The van der Waals surface area contributed by atoms with Crippen LogP contribution in [0, 0.1) is 5.92 Å². The summed E-state index contributed by atoms with van der Waals surface area (Å²) in [5.41, 5.74) is 1.22. The molecule has 1 aliphatic rings. The van der Waals surface area contributed by atoms with Gasteiger partial charge in [0.1, 0.15) is 6.17 Å². The summed E-state index contributed by atoms with van der Waals surface area (Å²) in [7, 11) is 0. The first-order chi connectivity index (χ1) is 10.1. The molecule has 1 saturated heterocycles. The van der Waals surface area contributed by atoms with Crippen LogP contribution in [0.5, 0.6) is 0 Å². The molecule has 0 saturated carbocycles. The van der Waals surface area contributed by atoms with Crippen LogP contribution in [0.1, 0.15) is 45.3 Å². The lowest BCUT2D eigenvalue weighted by atomic mass is 9.99. The molecule has 1 amide bonds. The van der Waals surface area contributed by atoms with Crippen molar-refractivity contribution in [3.8, 4) is 0 Å². The molecule has 118 valence electrons. The van der Waals surface area contributed by atoms with E-state index in [1.54, 1.807) is 11.3 Å². The van der Waals surface area contributed by atoms with Gasteiger partial charge in [-0.3, -0.25) is 10.1 Å².